The molecule has 192 valence electrons. The van der Waals surface area contributed by atoms with E-state index in [9.17, 15) is 19.2 Å². The highest BCUT2D eigenvalue weighted by Crippen LogP contribution is 2.54. The molecule has 1 atom stereocenters. The van der Waals surface area contributed by atoms with Gasteiger partial charge in [-0.3, -0.25) is 19.3 Å². The molecule has 4 heterocycles. The van der Waals surface area contributed by atoms with Gasteiger partial charge >= 0.3 is 5.97 Å². The first-order valence-corrected chi connectivity index (χ1v) is 13.1. The summed E-state index contributed by atoms with van der Waals surface area (Å²) in [7, 11) is 0. The molecule has 2 aliphatic rings. The van der Waals surface area contributed by atoms with Crippen molar-refractivity contribution >= 4 is 50.9 Å². The Kier molecular flexibility index (Phi) is 5.46. The number of hydrogen-bond acceptors (Lipinski definition) is 8. The fraction of sp³-hybridized carbons (Fsp3) is 0.250. The third-order valence-corrected chi connectivity index (χ3v) is 8.04. The summed E-state index contributed by atoms with van der Waals surface area (Å²) < 4.78 is 11.2. The van der Waals surface area contributed by atoms with Gasteiger partial charge in [-0.15, -0.1) is 0 Å². The third-order valence-electron chi connectivity index (χ3n) is 6.92. The van der Waals surface area contributed by atoms with E-state index in [-0.39, 0.29) is 38.9 Å². The Balaban J connectivity index is 1.71. The van der Waals surface area contributed by atoms with E-state index in [0.717, 1.165) is 11.3 Å². The molecule has 0 N–H and O–H groups in total. The van der Waals surface area contributed by atoms with Crippen LogP contribution in [0.2, 0.25) is 0 Å². The molecule has 38 heavy (non-hydrogen) atoms. The summed E-state index contributed by atoms with van der Waals surface area (Å²) in [6.45, 7) is 5.84. The van der Waals surface area contributed by atoms with Crippen LogP contribution in [0.25, 0.3) is 11.0 Å². The zero-order valence-electron chi connectivity index (χ0n) is 20.9. The van der Waals surface area contributed by atoms with Gasteiger partial charge in [-0.1, -0.05) is 48.6 Å². The summed E-state index contributed by atoms with van der Waals surface area (Å²) in [6.07, 6.45) is 0.659. The fourth-order valence-corrected chi connectivity index (χ4v) is 6.43. The molecule has 2 aromatic heterocycles. The van der Waals surface area contributed by atoms with Gasteiger partial charge < -0.3 is 14.1 Å². The lowest BCUT2D eigenvalue weighted by molar-refractivity contribution is -0.121. The molecule has 0 radical (unpaired) electrons. The first-order valence-electron chi connectivity index (χ1n) is 12.3. The Morgan fingerprint density at radius 3 is 2.58 bits per heavy atom. The normalized spacial score (nSPS) is 18.0. The van der Waals surface area contributed by atoms with Crippen molar-refractivity contribution in [2.45, 2.75) is 32.7 Å². The molecule has 10 heteroatoms. The molecular formula is C28H23N3O6S. The number of anilines is 2. The lowest BCUT2D eigenvalue weighted by atomic mass is 9.84. The topological polar surface area (TPSA) is 110 Å². The maximum atomic E-state index is 14.5. The molecule has 0 saturated carbocycles. The molecule has 9 nitrogen and oxygen atoms in total. The molecule has 1 spiro atoms. The second-order valence-electron chi connectivity index (χ2n) is 9.09. The molecule has 0 bridgehead atoms. The van der Waals surface area contributed by atoms with E-state index in [1.807, 2.05) is 13.0 Å². The van der Waals surface area contributed by atoms with E-state index in [2.05, 4.69) is 4.98 Å². The monoisotopic (exact) mass is 529 g/mol. The summed E-state index contributed by atoms with van der Waals surface area (Å²) in [6, 6.07) is 13.8. The first kappa shape index (κ1) is 24.1. The largest absolute Gasteiger partial charge is 0.462 e. The standard InChI is InChI=1S/C28H23N3O6S/c1-4-14-30-18-12-8-7-11-17(18)28(26(30)35)20-21(32)16-10-6-9-13-19(16)37-22(20)24(33)31(28)27-29-15(3)23(38-27)25(34)36-5-2/h6-13H,4-5,14H2,1-3H3. The summed E-state index contributed by atoms with van der Waals surface area (Å²) in [4.78, 5) is 63.0. The molecule has 1 unspecified atom stereocenters. The van der Waals surface area contributed by atoms with Crippen molar-refractivity contribution in [2.75, 3.05) is 23.0 Å². The van der Waals surface area contributed by atoms with Gasteiger partial charge in [-0.05, 0) is 38.5 Å². The SMILES string of the molecule is CCCN1C(=O)C2(c3ccccc31)c1c(oc3ccccc3c1=O)C(=O)N2c1nc(C)c(C(=O)OCC)s1. The van der Waals surface area contributed by atoms with Crippen LogP contribution >= 0.6 is 11.3 Å². The van der Waals surface area contributed by atoms with Crippen LogP contribution in [0.4, 0.5) is 10.8 Å². The van der Waals surface area contributed by atoms with Crippen molar-refractivity contribution in [3.05, 3.63) is 86.2 Å². The minimum absolute atomic E-state index is 0.0391. The maximum Gasteiger partial charge on any atom is 0.350 e. The highest BCUT2D eigenvalue weighted by molar-refractivity contribution is 7.17. The number of esters is 1. The number of aryl methyl sites for hydroxylation is 1. The number of nitrogens with zero attached hydrogens (tertiary/aromatic N) is 3. The average Bonchev–Trinajstić information content (AvgIpc) is 3.50. The molecule has 2 aliphatic heterocycles. The van der Waals surface area contributed by atoms with Crippen LogP contribution in [0.3, 0.4) is 0 Å². The van der Waals surface area contributed by atoms with Gasteiger partial charge in [0.1, 0.15) is 10.5 Å². The lowest BCUT2D eigenvalue weighted by Crippen LogP contribution is -2.53. The van der Waals surface area contributed by atoms with Crippen LogP contribution in [-0.2, 0) is 15.1 Å². The number of thiazole rings is 1. The maximum absolute atomic E-state index is 14.5. The number of aromatic nitrogens is 1. The molecule has 0 saturated heterocycles. The number of carbonyl (C=O) groups is 3. The van der Waals surface area contributed by atoms with E-state index in [1.54, 1.807) is 61.2 Å². The van der Waals surface area contributed by atoms with Gasteiger partial charge in [0.15, 0.2) is 16.1 Å². The summed E-state index contributed by atoms with van der Waals surface area (Å²) in [5.41, 5.74) is -0.640. The number of benzene rings is 2. The molecule has 0 aliphatic carbocycles. The minimum atomic E-state index is -1.83. The van der Waals surface area contributed by atoms with Crippen LogP contribution in [0.15, 0.2) is 57.7 Å². The molecule has 0 fully saturated rings. The van der Waals surface area contributed by atoms with Crippen molar-refractivity contribution in [3.63, 3.8) is 0 Å². The Labute approximate surface area is 221 Å². The third kappa shape index (κ3) is 3.00. The zero-order chi connectivity index (χ0) is 26.8. The van der Waals surface area contributed by atoms with Crippen LogP contribution in [0.5, 0.6) is 0 Å². The van der Waals surface area contributed by atoms with E-state index in [1.165, 1.54) is 4.90 Å². The Hall–Kier alpha value is -4.31. The predicted molar refractivity (Wildman–Crippen MR) is 142 cm³/mol. The van der Waals surface area contributed by atoms with Crippen molar-refractivity contribution in [3.8, 4) is 0 Å². The number of carbonyl (C=O) groups excluding carboxylic acids is 3. The average molecular weight is 530 g/mol. The Morgan fingerprint density at radius 1 is 1.08 bits per heavy atom. The predicted octanol–water partition coefficient (Wildman–Crippen LogP) is 4.40. The van der Waals surface area contributed by atoms with Crippen molar-refractivity contribution < 1.29 is 23.5 Å². The second-order valence-corrected chi connectivity index (χ2v) is 10.1. The van der Waals surface area contributed by atoms with Crippen LogP contribution in [-0.4, -0.2) is 35.9 Å². The highest BCUT2D eigenvalue weighted by Gasteiger charge is 2.66. The van der Waals surface area contributed by atoms with Crippen molar-refractivity contribution in [1.29, 1.82) is 0 Å². The number of amides is 2. The van der Waals surface area contributed by atoms with Gasteiger partial charge in [0, 0.05) is 12.1 Å². The molecule has 6 rings (SSSR count). The van der Waals surface area contributed by atoms with Crippen LogP contribution in [0.1, 0.15) is 57.3 Å². The van der Waals surface area contributed by atoms with E-state index < -0.39 is 28.8 Å². The Bertz CT molecular complexity index is 1720. The van der Waals surface area contributed by atoms with E-state index >= 15 is 0 Å². The number of para-hydroxylation sites is 2. The Morgan fingerprint density at radius 2 is 1.82 bits per heavy atom. The van der Waals surface area contributed by atoms with Gasteiger partial charge in [0.2, 0.25) is 5.76 Å². The van der Waals surface area contributed by atoms with Gasteiger partial charge in [0.05, 0.1) is 28.9 Å². The van der Waals surface area contributed by atoms with Crippen LogP contribution in [0, 0.1) is 6.92 Å². The number of hydrogen-bond donors (Lipinski definition) is 0. The zero-order valence-corrected chi connectivity index (χ0v) is 21.8. The molecule has 2 amide bonds. The van der Waals surface area contributed by atoms with Crippen molar-refractivity contribution in [1.82, 2.24) is 4.98 Å². The van der Waals surface area contributed by atoms with Crippen molar-refractivity contribution in [2.24, 2.45) is 0 Å². The van der Waals surface area contributed by atoms with E-state index in [4.69, 9.17) is 9.15 Å². The van der Waals surface area contributed by atoms with E-state index in [0.29, 0.717) is 29.9 Å². The molecule has 4 aromatic rings. The number of ether oxygens (including phenoxy) is 1. The summed E-state index contributed by atoms with van der Waals surface area (Å²) >= 11 is 0.946. The van der Waals surface area contributed by atoms with Gasteiger partial charge in [-0.2, -0.15) is 0 Å². The lowest BCUT2D eigenvalue weighted by Gasteiger charge is -2.32. The highest BCUT2D eigenvalue weighted by atomic mass is 32.1. The summed E-state index contributed by atoms with van der Waals surface area (Å²) in [5, 5.41) is 0.369. The second kappa shape index (κ2) is 8.63. The fourth-order valence-electron chi connectivity index (χ4n) is 5.42. The number of fused-ring (bicyclic) bond motifs is 5. The number of rotatable bonds is 5. The van der Waals surface area contributed by atoms with Gasteiger partial charge in [0.25, 0.3) is 11.8 Å². The van der Waals surface area contributed by atoms with Gasteiger partial charge in [-0.25, -0.2) is 9.78 Å². The molecule has 2 aromatic carbocycles. The summed E-state index contributed by atoms with van der Waals surface area (Å²) in [5.74, 6) is -1.90. The minimum Gasteiger partial charge on any atom is -0.462 e. The first-order chi connectivity index (χ1) is 18.4. The van der Waals surface area contributed by atoms with Crippen LogP contribution < -0.4 is 15.2 Å². The molecular weight excluding hydrogens is 506 g/mol. The quantitative estimate of drug-likeness (QED) is 0.353. The smallest absolute Gasteiger partial charge is 0.350 e.